The molecule has 0 unspecified atom stereocenters. The zero-order chi connectivity index (χ0) is 12.5. The lowest BCUT2D eigenvalue weighted by molar-refractivity contribution is -0.121. The Balaban J connectivity index is 1.98. The SMILES string of the molecule is CC(C)NCCCC(=O)NCCc1ncc[nH]1. The molecule has 0 atom stereocenters. The summed E-state index contributed by atoms with van der Waals surface area (Å²) in [6.07, 6.45) is 5.72. The Morgan fingerprint density at radius 2 is 2.29 bits per heavy atom. The van der Waals surface area contributed by atoms with E-state index in [9.17, 15) is 4.79 Å². The van der Waals surface area contributed by atoms with Gasteiger partial charge in [-0.3, -0.25) is 4.79 Å². The molecule has 17 heavy (non-hydrogen) atoms. The number of carbonyl (C=O) groups excluding carboxylic acids is 1. The highest BCUT2D eigenvalue weighted by molar-refractivity contribution is 5.75. The van der Waals surface area contributed by atoms with Gasteiger partial charge in [0.15, 0.2) is 0 Å². The molecule has 0 radical (unpaired) electrons. The van der Waals surface area contributed by atoms with E-state index in [1.165, 1.54) is 0 Å². The van der Waals surface area contributed by atoms with Gasteiger partial charge in [0, 0.05) is 37.8 Å². The minimum atomic E-state index is 0.113. The molecule has 1 aromatic rings. The number of imidazole rings is 1. The predicted molar refractivity (Wildman–Crippen MR) is 67.7 cm³/mol. The molecular weight excluding hydrogens is 216 g/mol. The highest BCUT2D eigenvalue weighted by Gasteiger charge is 2.01. The van der Waals surface area contributed by atoms with Gasteiger partial charge in [0.2, 0.25) is 5.91 Å². The Hall–Kier alpha value is -1.36. The van der Waals surface area contributed by atoms with Crippen LogP contribution in [-0.4, -0.2) is 35.0 Å². The summed E-state index contributed by atoms with van der Waals surface area (Å²) in [7, 11) is 0. The second-order valence-electron chi connectivity index (χ2n) is 4.35. The number of rotatable bonds is 8. The molecule has 0 aliphatic heterocycles. The number of carbonyl (C=O) groups is 1. The fourth-order valence-corrected chi connectivity index (χ4v) is 1.48. The molecular formula is C12H22N4O. The van der Waals surface area contributed by atoms with Crippen LogP contribution < -0.4 is 10.6 Å². The summed E-state index contributed by atoms with van der Waals surface area (Å²) in [5.41, 5.74) is 0. The number of nitrogens with zero attached hydrogens (tertiary/aromatic N) is 1. The van der Waals surface area contributed by atoms with E-state index < -0.39 is 0 Å². The van der Waals surface area contributed by atoms with Crippen LogP contribution in [0.1, 0.15) is 32.5 Å². The first-order valence-electron chi connectivity index (χ1n) is 6.17. The van der Waals surface area contributed by atoms with Gasteiger partial charge in [0.25, 0.3) is 0 Å². The van der Waals surface area contributed by atoms with Crippen molar-refractivity contribution in [3.8, 4) is 0 Å². The number of aromatic nitrogens is 2. The largest absolute Gasteiger partial charge is 0.356 e. The molecule has 0 saturated carbocycles. The van der Waals surface area contributed by atoms with Gasteiger partial charge in [-0.25, -0.2) is 4.98 Å². The minimum Gasteiger partial charge on any atom is -0.356 e. The van der Waals surface area contributed by atoms with E-state index in [2.05, 4.69) is 34.4 Å². The van der Waals surface area contributed by atoms with E-state index in [-0.39, 0.29) is 5.91 Å². The van der Waals surface area contributed by atoms with E-state index in [1.807, 2.05) is 0 Å². The lowest BCUT2D eigenvalue weighted by atomic mass is 10.2. The van der Waals surface area contributed by atoms with E-state index >= 15 is 0 Å². The zero-order valence-corrected chi connectivity index (χ0v) is 10.6. The molecule has 5 heteroatoms. The number of aromatic amines is 1. The van der Waals surface area contributed by atoms with Crippen molar-refractivity contribution < 1.29 is 4.79 Å². The van der Waals surface area contributed by atoms with Crippen LogP contribution >= 0.6 is 0 Å². The number of H-pyrrole nitrogens is 1. The third kappa shape index (κ3) is 6.73. The molecule has 0 bridgehead atoms. The second kappa shape index (κ2) is 7.84. The maximum atomic E-state index is 11.4. The van der Waals surface area contributed by atoms with Gasteiger partial charge in [-0.1, -0.05) is 13.8 Å². The van der Waals surface area contributed by atoms with Crippen LogP contribution in [0.3, 0.4) is 0 Å². The van der Waals surface area contributed by atoms with E-state index in [1.54, 1.807) is 12.4 Å². The van der Waals surface area contributed by atoms with Crippen molar-refractivity contribution in [1.29, 1.82) is 0 Å². The van der Waals surface area contributed by atoms with Gasteiger partial charge in [0.05, 0.1) is 0 Å². The van der Waals surface area contributed by atoms with Crippen LogP contribution in [0.15, 0.2) is 12.4 Å². The molecule has 1 aromatic heterocycles. The quantitative estimate of drug-likeness (QED) is 0.588. The first-order valence-corrected chi connectivity index (χ1v) is 6.17. The number of hydrogen-bond donors (Lipinski definition) is 3. The number of nitrogens with one attached hydrogen (secondary N) is 3. The van der Waals surface area contributed by atoms with Gasteiger partial charge in [-0.15, -0.1) is 0 Å². The molecule has 0 spiro atoms. The summed E-state index contributed by atoms with van der Waals surface area (Å²) in [6.45, 7) is 5.74. The average molecular weight is 238 g/mol. The first-order chi connectivity index (χ1) is 8.18. The standard InChI is InChI=1S/C12H22N4O/c1-10(2)13-6-3-4-12(17)16-7-5-11-14-8-9-15-11/h8-10,13H,3-7H2,1-2H3,(H,14,15)(H,16,17). The van der Waals surface area contributed by atoms with Crippen molar-refractivity contribution in [3.05, 3.63) is 18.2 Å². The van der Waals surface area contributed by atoms with Crippen LogP contribution in [0.25, 0.3) is 0 Å². The van der Waals surface area contributed by atoms with Gasteiger partial charge < -0.3 is 15.6 Å². The van der Waals surface area contributed by atoms with Gasteiger partial charge in [-0.05, 0) is 13.0 Å². The summed E-state index contributed by atoms with van der Waals surface area (Å²) >= 11 is 0. The Morgan fingerprint density at radius 3 is 2.94 bits per heavy atom. The lowest BCUT2D eigenvalue weighted by Gasteiger charge is -2.07. The average Bonchev–Trinajstić information content (AvgIpc) is 2.77. The number of amides is 1. The first kappa shape index (κ1) is 13.7. The van der Waals surface area contributed by atoms with Gasteiger partial charge >= 0.3 is 0 Å². The maximum absolute atomic E-state index is 11.4. The predicted octanol–water partition coefficient (Wildman–Crippen LogP) is 0.847. The molecule has 96 valence electrons. The van der Waals surface area contributed by atoms with Crippen LogP contribution in [0, 0.1) is 0 Å². The summed E-state index contributed by atoms with van der Waals surface area (Å²) in [4.78, 5) is 18.5. The van der Waals surface area contributed by atoms with Crippen molar-refractivity contribution in [2.75, 3.05) is 13.1 Å². The summed E-state index contributed by atoms with van der Waals surface area (Å²) in [5.74, 6) is 1.02. The van der Waals surface area contributed by atoms with Gasteiger partial charge in [-0.2, -0.15) is 0 Å². The molecule has 1 amide bonds. The second-order valence-corrected chi connectivity index (χ2v) is 4.35. The van der Waals surface area contributed by atoms with E-state index in [0.29, 0.717) is 19.0 Å². The topological polar surface area (TPSA) is 69.8 Å². The summed E-state index contributed by atoms with van der Waals surface area (Å²) in [5, 5.41) is 6.17. The molecule has 1 heterocycles. The highest BCUT2D eigenvalue weighted by atomic mass is 16.1. The van der Waals surface area contributed by atoms with E-state index in [0.717, 1.165) is 25.2 Å². The highest BCUT2D eigenvalue weighted by Crippen LogP contribution is 1.91. The van der Waals surface area contributed by atoms with Crippen molar-refractivity contribution in [2.24, 2.45) is 0 Å². The maximum Gasteiger partial charge on any atom is 0.220 e. The summed E-state index contributed by atoms with van der Waals surface area (Å²) < 4.78 is 0. The third-order valence-corrected chi connectivity index (χ3v) is 2.37. The Morgan fingerprint density at radius 1 is 1.47 bits per heavy atom. The molecule has 1 rings (SSSR count). The molecule has 0 aromatic carbocycles. The monoisotopic (exact) mass is 238 g/mol. The van der Waals surface area contributed by atoms with Crippen molar-refractivity contribution >= 4 is 5.91 Å². The molecule has 0 saturated heterocycles. The summed E-state index contributed by atoms with van der Waals surface area (Å²) in [6, 6.07) is 0.483. The van der Waals surface area contributed by atoms with Crippen molar-refractivity contribution in [2.45, 2.75) is 39.2 Å². The number of hydrogen-bond acceptors (Lipinski definition) is 3. The molecule has 0 aliphatic rings. The molecule has 0 aliphatic carbocycles. The Labute approximate surface area is 102 Å². The zero-order valence-electron chi connectivity index (χ0n) is 10.6. The third-order valence-electron chi connectivity index (χ3n) is 2.37. The van der Waals surface area contributed by atoms with Crippen LogP contribution in [0.2, 0.25) is 0 Å². The lowest BCUT2D eigenvalue weighted by Crippen LogP contribution is -2.28. The van der Waals surface area contributed by atoms with Crippen molar-refractivity contribution in [1.82, 2.24) is 20.6 Å². The van der Waals surface area contributed by atoms with Crippen molar-refractivity contribution in [3.63, 3.8) is 0 Å². The normalized spacial score (nSPS) is 10.8. The fourth-order valence-electron chi connectivity index (χ4n) is 1.48. The Bertz CT molecular complexity index is 308. The Kier molecular flexibility index (Phi) is 6.32. The van der Waals surface area contributed by atoms with E-state index in [4.69, 9.17) is 0 Å². The molecule has 3 N–H and O–H groups in total. The smallest absolute Gasteiger partial charge is 0.220 e. The van der Waals surface area contributed by atoms with Crippen LogP contribution in [0.5, 0.6) is 0 Å². The fraction of sp³-hybridized carbons (Fsp3) is 0.667. The molecule has 5 nitrogen and oxygen atoms in total. The van der Waals surface area contributed by atoms with Crippen LogP contribution in [0.4, 0.5) is 0 Å². The van der Waals surface area contributed by atoms with Gasteiger partial charge in [0.1, 0.15) is 5.82 Å². The van der Waals surface area contributed by atoms with Crippen LogP contribution in [-0.2, 0) is 11.2 Å². The minimum absolute atomic E-state index is 0.113. The molecule has 0 fully saturated rings.